The maximum atomic E-state index is 5.98. The van der Waals surface area contributed by atoms with Crippen molar-refractivity contribution in [2.75, 3.05) is 20.7 Å². The van der Waals surface area contributed by atoms with Gasteiger partial charge in [0, 0.05) is 18.0 Å². The Morgan fingerprint density at radius 1 is 1.25 bits per heavy atom. The van der Waals surface area contributed by atoms with Gasteiger partial charge < -0.3 is 10.5 Å². The van der Waals surface area contributed by atoms with Crippen molar-refractivity contribution >= 4 is 11.3 Å². The molecular formula is C16H22N2OS. The van der Waals surface area contributed by atoms with Gasteiger partial charge in [0.2, 0.25) is 0 Å². The molecule has 1 atom stereocenters. The van der Waals surface area contributed by atoms with Crippen LogP contribution in [0.15, 0.2) is 35.7 Å². The molecule has 0 amide bonds. The van der Waals surface area contributed by atoms with E-state index in [1.807, 2.05) is 12.1 Å². The molecule has 0 spiro atoms. The molecule has 20 heavy (non-hydrogen) atoms. The van der Waals surface area contributed by atoms with E-state index >= 15 is 0 Å². The van der Waals surface area contributed by atoms with Gasteiger partial charge in [-0.15, -0.1) is 11.3 Å². The third-order valence-corrected chi connectivity index (χ3v) is 4.67. The van der Waals surface area contributed by atoms with E-state index < -0.39 is 0 Å². The SMILES string of the molecule is COc1ccc(CN(C)C(CN)c2sccc2C)cc1. The summed E-state index contributed by atoms with van der Waals surface area (Å²) in [5.41, 5.74) is 8.57. The van der Waals surface area contributed by atoms with Crippen LogP contribution in [-0.2, 0) is 6.54 Å². The van der Waals surface area contributed by atoms with Crippen molar-refractivity contribution in [3.8, 4) is 5.75 Å². The zero-order chi connectivity index (χ0) is 14.5. The highest BCUT2D eigenvalue weighted by Gasteiger charge is 2.18. The Morgan fingerprint density at radius 2 is 1.95 bits per heavy atom. The smallest absolute Gasteiger partial charge is 0.118 e. The van der Waals surface area contributed by atoms with Crippen LogP contribution in [0.5, 0.6) is 5.75 Å². The topological polar surface area (TPSA) is 38.5 Å². The van der Waals surface area contributed by atoms with Crippen LogP contribution in [-0.4, -0.2) is 25.6 Å². The quantitative estimate of drug-likeness (QED) is 0.888. The number of thiophene rings is 1. The summed E-state index contributed by atoms with van der Waals surface area (Å²) >= 11 is 1.79. The number of likely N-dealkylation sites (N-methyl/N-ethyl adjacent to an activating group) is 1. The van der Waals surface area contributed by atoms with Crippen molar-refractivity contribution in [2.45, 2.75) is 19.5 Å². The Labute approximate surface area is 125 Å². The lowest BCUT2D eigenvalue weighted by Gasteiger charge is -2.27. The Hall–Kier alpha value is -1.36. The van der Waals surface area contributed by atoms with Gasteiger partial charge in [-0.2, -0.15) is 0 Å². The lowest BCUT2D eigenvalue weighted by molar-refractivity contribution is 0.244. The fraction of sp³-hybridized carbons (Fsp3) is 0.375. The van der Waals surface area contributed by atoms with E-state index in [4.69, 9.17) is 10.5 Å². The van der Waals surface area contributed by atoms with Gasteiger partial charge in [0.25, 0.3) is 0 Å². The van der Waals surface area contributed by atoms with E-state index in [1.165, 1.54) is 16.0 Å². The first-order chi connectivity index (χ1) is 9.65. The van der Waals surface area contributed by atoms with Crippen molar-refractivity contribution in [3.05, 3.63) is 51.7 Å². The largest absolute Gasteiger partial charge is 0.497 e. The van der Waals surface area contributed by atoms with Crippen LogP contribution < -0.4 is 10.5 Å². The van der Waals surface area contributed by atoms with Crippen LogP contribution in [0, 0.1) is 6.92 Å². The second-order valence-corrected chi connectivity index (χ2v) is 5.93. The van der Waals surface area contributed by atoms with Gasteiger partial charge in [0.05, 0.1) is 13.2 Å². The van der Waals surface area contributed by atoms with Gasteiger partial charge in [-0.25, -0.2) is 0 Å². The summed E-state index contributed by atoms with van der Waals surface area (Å²) in [5, 5.41) is 2.13. The number of ether oxygens (including phenoxy) is 1. The molecule has 0 saturated heterocycles. The van der Waals surface area contributed by atoms with Crippen molar-refractivity contribution < 1.29 is 4.74 Å². The number of aryl methyl sites for hydroxylation is 1. The lowest BCUT2D eigenvalue weighted by Crippen LogP contribution is -2.30. The molecule has 0 aliphatic carbocycles. The van der Waals surface area contributed by atoms with Crippen LogP contribution >= 0.6 is 11.3 Å². The summed E-state index contributed by atoms with van der Waals surface area (Å²) in [7, 11) is 3.81. The molecule has 2 aromatic rings. The minimum Gasteiger partial charge on any atom is -0.497 e. The van der Waals surface area contributed by atoms with E-state index in [-0.39, 0.29) is 6.04 Å². The minimum absolute atomic E-state index is 0.275. The molecule has 0 aliphatic rings. The first-order valence-corrected chi connectivity index (χ1v) is 7.61. The monoisotopic (exact) mass is 290 g/mol. The molecule has 0 fully saturated rings. The fourth-order valence-electron chi connectivity index (χ4n) is 2.34. The number of benzene rings is 1. The highest BCUT2D eigenvalue weighted by Crippen LogP contribution is 2.28. The molecule has 0 bridgehead atoms. The highest BCUT2D eigenvalue weighted by molar-refractivity contribution is 7.10. The fourth-order valence-corrected chi connectivity index (χ4v) is 3.45. The minimum atomic E-state index is 0.275. The van der Waals surface area contributed by atoms with Crippen LogP contribution in [0.4, 0.5) is 0 Å². The van der Waals surface area contributed by atoms with Crippen LogP contribution in [0.25, 0.3) is 0 Å². The predicted octanol–water partition coefficient (Wildman–Crippen LogP) is 3.20. The molecule has 108 valence electrons. The van der Waals surface area contributed by atoms with Crippen molar-refractivity contribution in [1.29, 1.82) is 0 Å². The van der Waals surface area contributed by atoms with Gasteiger partial charge in [0.15, 0.2) is 0 Å². The second-order valence-electron chi connectivity index (χ2n) is 4.98. The molecule has 4 heteroatoms. The summed E-state index contributed by atoms with van der Waals surface area (Å²) in [6.45, 7) is 3.66. The first-order valence-electron chi connectivity index (χ1n) is 6.73. The maximum absolute atomic E-state index is 5.98. The van der Waals surface area contributed by atoms with Gasteiger partial charge in [-0.05, 0) is 48.7 Å². The Bertz CT molecular complexity index is 536. The molecule has 0 aliphatic heterocycles. The van der Waals surface area contributed by atoms with Gasteiger partial charge in [-0.1, -0.05) is 12.1 Å². The average molecular weight is 290 g/mol. The highest BCUT2D eigenvalue weighted by atomic mass is 32.1. The summed E-state index contributed by atoms with van der Waals surface area (Å²) in [6, 6.07) is 10.6. The third kappa shape index (κ3) is 3.39. The molecular weight excluding hydrogens is 268 g/mol. The maximum Gasteiger partial charge on any atom is 0.118 e. The van der Waals surface area contributed by atoms with E-state index in [0.29, 0.717) is 6.54 Å². The number of methoxy groups -OCH3 is 1. The van der Waals surface area contributed by atoms with E-state index in [0.717, 1.165) is 12.3 Å². The molecule has 2 rings (SSSR count). The number of hydrogen-bond donors (Lipinski definition) is 1. The van der Waals surface area contributed by atoms with Gasteiger partial charge >= 0.3 is 0 Å². The molecule has 1 unspecified atom stereocenters. The molecule has 1 heterocycles. The van der Waals surface area contributed by atoms with E-state index in [9.17, 15) is 0 Å². The Balaban J connectivity index is 2.09. The van der Waals surface area contributed by atoms with Crippen molar-refractivity contribution in [3.63, 3.8) is 0 Å². The zero-order valence-corrected chi connectivity index (χ0v) is 13.1. The number of nitrogens with two attached hydrogens (primary N) is 1. The second kappa shape index (κ2) is 6.88. The van der Waals surface area contributed by atoms with Crippen molar-refractivity contribution in [2.24, 2.45) is 5.73 Å². The third-order valence-electron chi connectivity index (χ3n) is 3.55. The Kier molecular flexibility index (Phi) is 5.17. The van der Waals surface area contributed by atoms with E-state index in [1.54, 1.807) is 18.4 Å². The van der Waals surface area contributed by atoms with Crippen LogP contribution in [0.2, 0.25) is 0 Å². The number of hydrogen-bond acceptors (Lipinski definition) is 4. The number of rotatable bonds is 6. The van der Waals surface area contributed by atoms with Crippen LogP contribution in [0.1, 0.15) is 22.0 Å². The van der Waals surface area contributed by atoms with Gasteiger partial charge in [0.1, 0.15) is 5.75 Å². The van der Waals surface area contributed by atoms with E-state index in [2.05, 4.69) is 42.5 Å². The van der Waals surface area contributed by atoms with Crippen molar-refractivity contribution in [1.82, 2.24) is 4.90 Å². The molecule has 1 aromatic heterocycles. The zero-order valence-electron chi connectivity index (χ0n) is 12.3. The normalized spacial score (nSPS) is 12.7. The first kappa shape index (κ1) is 15.0. The summed E-state index contributed by atoms with van der Waals surface area (Å²) in [5.74, 6) is 0.890. The molecule has 0 saturated carbocycles. The standard InChI is InChI=1S/C16H22N2OS/c1-12-8-9-20-16(12)15(10-17)18(2)11-13-4-6-14(19-3)7-5-13/h4-9,15H,10-11,17H2,1-3H3. The lowest BCUT2D eigenvalue weighted by atomic mass is 10.1. The summed E-state index contributed by atoms with van der Waals surface area (Å²) < 4.78 is 5.19. The molecule has 2 N–H and O–H groups in total. The molecule has 0 radical (unpaired) electrons. The van der Waals surface area contributed by atoms with Gasteiger partial charge in [-0.3, -0.25) is 4.90 Å². The molecule has 3 nitrogen and oxygen atoms in total. The Morgan fingerprint density at radius 3 is 2.45 bits per heavy atom. The van der Waals surface area contributed by atoms with Crippen LogP contribution in [0.3, 0.4) is 0 Å². The number of nitrogens with zero attached hydrogens (tertiary/aromatic N) is 1. The summed E-state index contributed by atoms with van der Waals surface area (Å²) in [4.78, 5) is 3.67. The molecule has 1 aromatic carbocycles. The average Bonchev–Trinajstić information content (AvgIpc) is 2.87. The summed E-state index contributed by atoms with van der Waals surface area (Å²) in [6.07, 6.45) is 0. The predicted molar refractivity (Wildman–Crippen MR) is 85.3 cm³/mol.